The molecule has 0 amide bonds. The van der Waals surface area contributed by atoms with Gasteiger partial charge in [-0.25, -0.2) is 4.39 Å². The van der Waals surface area contributed by atoms with Gasteiger partial charge in [0.25, 0.3) is 0 Å². The van der Waals surface area contributed by atoms with Crippen LogP contribution < -0.4 is 0 Å². The van der Waals surface area contributed by atoms with Gasteiger partial charge in [-0.1, -0.05) is 51.8 Å². The second-order valence-corrected chi connectivity index (χ2v) is 6.20. The van der Waals surface area contributed by atoms with Crippen molar-refractivity contribution >= 4 is 27.5 Å². The predicted octanol–water partition coefficient (Wildman–Crippen LogP) is 5.58. The van der Waals surface area contributed by atoms with Gasteiger partial charge in [0.15, 0.2) is 0 Å². The molecule has 106 valence electrons. The first-order valence-corrected chi connectivity index (χ1v) is 8.14. The summed E-state index contributed by atoms with van der Waals surface area (Å²) in [4.78, 5) is 0. The maximum absolute atomic E-state index is 12.9. The number of benzene rings is 2. The largest absolute Gasteiger partial charge is 0.207 e. The van der Waals surface area contributed by atoms with E-state index in [9.17, 15) is 4.39 Å². The number of halogens is 3. The van der Waals surface area contributed by atoms with E-state index in [1.165, 1.54) is 23.3 Å². The Bertz CT molecular complexity index is 566. The zero-order valence-electron chi connectivity index (χ0n) is 11.4. The highest BCUT2D eigenvalue weighted by Gasteiger charge is 2.12. The third-order valence-corrected chi connectivity index (χ3v) is 4.64. The summed E-state index contributed by atoms with van der Waals surface area (Å²) in [5.41, 5.74) is 3.50. The van der Waals surface area contributed by atoms with Crippen molar-refractivity contribution < 1.29 is 4.39 Å². The van der Waals surface area contributed by atoms with E-state index >= 15 is 0 Å². The fourth-order valence-corrected chi connectivity index (χ4v) is 3.03. The van der Waals surface area contributed by atoms with E-state index in [-0.39, 0.29) is 5.82 Å². The van der Waals surface area contributed by atoms with Crippen LogP contribution in [0.15, 0.2) is 42.5 Å². The fourth-order valence-electron chi connectivity index (χ4n) is 2.26. The summed E-state index contributed by atoms with van der Waals surface area (Å²) in [6.07, 6.45) is 1.83. The zero-order valence-corrected chi connectivity index (χ0v) is 13.7. The molecule has 0 fully saturated rings. The Morgan fingerprint density at radius 1 is 1.10 bits per heavy atom. The molecule has 0 aliphatic carbocycles. The summed E-state index contributed by atoms with van der Waals surface area (Å²) in [5.74, 6) is 0.256. The summed E-state index contributed by atoms with van der Waals surface area (Å²) in [6.45, 7) is 2.04. The van der Waals surface area contributed by atoms with Crippen LogP contribution in [0.5, 0.6) is 0 Å². The van der Waals surface area contributed by atoms with Crippen LogP contribution in [0.4, 0.5) is 4.39 Å². The molecule has 0 nitrogen and oxygen atoms in total. The van der Waals surface area contributed by atoms with Gasteiger partial charge in [0, 0.05) is 10.4 Å². The smallest absolute Gasteiger partial charge is 0.123 e. The van der Waals surface area contributed by atoms with Gasteiger partial charge in [-0.2, -0.15) is 0 Å². The van der Waals surface area contributed by atoms with Crippen LogP contribution in [0, 0.1) is 18.7 Å². The number of hydrogen-bond acceptors (Lipinski definition) is 0. The minimum Gasteiger partial charge on any atom is -0.207 e. The number of hydrogen-bond donors (Lipinski definition) is 0. The van der Waals surface area contributed by atoms with E-state index in [1.807, 2.05) is 25.1 Å². The summed E-state index contributed by atoms with van der Waals surface area (Å²) < 4.78 is 12.9. The Morgan fingerprint density at radius 3 is 2.40 bits per heavy atom. The topological polar surface area (TPSA) is 0 Å². The molecule has 0 saturated heterocycles. The average Bonchev–Trinajstić information content (AvgIpc) is 2.43. The van der Waals surface area contributed by atoms with E-state index in [0.717, 1.165) is 28.8 Å². The van der Waals surface area contributed by atoms with Gasteiger partial charge in [-0.3, -0.25) is 0 Å². The standard InChI is InChI=1S/C17H17BrClF/c1-12-2-5-15(17(19)8-12)10-14(11-18)9-13-3-6-16(20)7-4-13/h2-8,14H,9-11H2,1H3. The molecular formula is C17H17BrClF. The molecule has 0 aliphatic rings. The average molecular weight is 356 g/mol. The molecule has 2 aromatic rings. The summed E-state index contributed by atoms with van der Waals surface area (Å²) in [5, 5.41) is 1.73. The molecule has 2 aromatic carbocycles. The second kappa shape index (κ2) is 7.24. The van der Waals surface area contributed by atoms with Crippen LogP contribution in [0.2, 0.25) is 5.02 Å². The van der Waals surface area contributed by atoms with Crippen molar-refractivity contribution in [3.05, 3.63) is 70.0 Å². The van der Waals surface area contributed by atoms with Gasteiger partial charge in [0.1, 0.15) is 5.82 Å². The van der Waals surface area contributed by atoms with E-state index < -0.39 is 0 Å². The highest BCUT2D eigenvalue weighted by atomic mass is 79.9. The normalized spacial score (nSPS) is 12.4. The van der Waals surface area contributed by atoms with E-state index in [2.05, 4.69) is 28.1 Å². The van der Waals surface area contributed by atoms with Crippen LogP contribution in [0.3, 0.4) is 0 Å². The molecule has 1 atom stereocenters. The first-order chi connectivity index (χ1) is 9.58. The first kappa shape index (κ1) is 15.5. The Morgan fingerprint density at radius 2 is 1.80 bits per heavy atom. The third kappa shape index (κ3) is 4.32. The van der Waals surface area contributed by atoms with Crippen molar-refractivity contribution in [1.82, 2.24) is 0 Å². The molecule has 0 radical (unpaired) electrons. The maximum atomic E-state index is 12.9. The first-order valence-electron chi connectivity index (χ1n) is 6.64. The molecule has 20 heavy (non-hydrogen) atoms. The van der Waals surface area contributed by atoms with Crippen LogP contribution in [-0.4, -0.2) is 5.33 Å². The van der Waals surface area contributed by atoms with Crippen molar-refractivity contribution in [3.8, 4) is 0 Å². The summed E-state index contributed by atoms with van der Waals surface area (Å²) in [7, 11) is 0. The lowest BCUT2D eigenvalue weighted by Gasteiger charge is -2.15. The molecule has 2 rings (SSSR count). The number of rotatable bonds is 5. The van der Waals surface area contributed by atoms with Gasteiger partial charge < -0.3 is 0 Å². The highest BCUT2D eigenvalue weighted by molar-refractivity contribution is 9.09. The highest BCUT2D eigenvalue weighted by Crippen LogP contribution is 2.23. The zero-order chi connectivity index (χ0) is 14.5. The van der Waals surface area contributed by atoms with Gasteiger partial charge in [-0.15, -0.1) is 0 Å². The third-order valence-electron chi connectivity index (χ3n) is 3.37. The van der Waals surface area contributed by atoms with Gasteiger partial charge in [-0.05, 0) is 60.6 Å². The molecule has 0 spiro atoms. The Hall–Kier alpha value is -0.860. The van der Waals surface area contributed by atoms with Crippen molar-refractivity contribution in [3.63, 3.8) is 0 Å². The van der Waals surface area contributed by atoms with Gasteiger partial charge in [0.05, 0.1) is 0 Å². The van der Waals surface area contributed by atoms with E-state index in [0.29, 0.717) is 5.92 Å². The quantitative estimate of drug-likeness (QED) is 0.614. The number of aryl methyl sites for hydroxylation is 1. The molecule has 0 heterocycles. The van der Waals surface area contributed by atoms with E-state index in [4.69, 9.17) is 11.6 Å². The van der Waals surface area contributed by atoms with Crippen molar-refractivity contribution in [2.45, 2.75) is 19.8 Å². The Balaban J connectivity index is 2.07. The molecular weight excluding hydrogens is 339 g/mol. The maximum Gasteiger partial charge on any atom is 0.123 e. The van der Waals surface area contributed by atoms with Crippen molar-refractivity contribution in [2.75, 3.05) is 5.33 Å². The minimum absolute atomic E-state index is 0.189. The lowest BCUT2D eigenvalue weighted by Crippen LogP contribution is -2.10. The molecule has 0 N–H and O–H groups in total. The fraction of sp³-hybridized carbons (Fsp3) is 0.294. The number of alkyl halides is 1. The predicted molar refractivity (Wildman–Crippen MR) is 87.3 cm³/mol. The molecule has 1 unspecified atom stereocenters. The van der Waals surface area contributed by atoms with Crippen molar-refractivity contribution in [1.29, 1.82) is 0 Å². The molecule has 3 heteroatoms. The lowest BCUT2D eigenvalue weighted by molar-refractivity contribution is 0.587. The lowest BCUT2D eigenvalue weighted by atomic mass is 9.94. The van der Waals surface area contributed by atoms with Crippen LogP contribution in [-0.2, 0) is 12.8 Å². The monoisotopic (exact) mass is 354 g/mol. The van der Waals surface area contributed by atoms with Crippen LogP contribution >= 0.6 is 27.5 Å². The van der Waals surface area contributed by atoms with Gasteiger partial charge in [0.2, 0.25) is 0 Å². The minimum atomic E-state index is -0.189. The Labute approximate surface area is 133 Å². The Kier molecular flexibility index (Phi) is 5.62. The molecule has 0 saturated carbocycles. The van der Waals surface area contributed by atoms with Crippen molar-refractivity contribution in [2.24, 2.45) is 5.92 Å². The molecule has 0 bridgehead atoms. The second-order valence-electron chi connectivity index (χ2n) is 5.15. The molecule has 0 aliphatic heterocycles. The molecule has 0 aromatic heterocycles. The summed E-state index contributed by atoms with van der Waals surface area (Å²) >= 11 is 9.86. The van der Waals surface area contributed by atoms with Crippen LogP contribution in [0.1, 0.15) is 16.7 Å². The summed E-state index contributed by atoms with van der Waals surface area (Å²) in [6, 6.07) is 12.9. The van der Waals surface area contributed by atoms with Crippen LogP contribution in [0.25, 0.3) is 0 Å². The van der Waals surface area contributed by atoms with Gasteiger partial charge >= 0.3 is 0 Å². The SMILES string of the molecule is Cc1ccc(CC(CBr)Cc2ccc(F)cc2)c(Cl)c1. The van der Waals surface area contributed by atoms with E-state index in [1.54, 1.807) is 0 Å².